The standard InChI is InChI=1S/C29H27N3O/c1-20-4-3-5-27-28(20)32-29(31-27)25-14-12-24(13-15-25)23-10-6-21(7-11-23)18-30-19-22-8-16-26(33-2)17-9-22/h3-17,30H,18-19H2,1-2H3,(H,31,32). The Bertz CT molecular complexity index is 1350. The molecule has 0 aliphatic rings. The lowest BCUT2D eigenvalue weighted by atomic mass is 10.0. The van der Waals surface area contributed by atoms with E-state index in [9.17, 15) is 0 Å². The molecule has 4 heteroatoms. The van der Waals surface area contributed by atoms with Crippen LogP contribution in [-0.2, 0) is 13.1 Å². The van der Waals surface area contributed by atoms with Crippen LogP contribution in [0.5, 0.6) is 5.75 Å². The van der Waals surface area contributed by atoms with Gasteiger partial charge in [0.15, 0.2) is 0 Å². The monoisotopic (exact) mass is 433 g/mol. The summed E-state index contributed by atoms with van der Waals surface area (Å²) in [6, 6.07) is 31.7. The fourth-order valence-corrected chi connectivity index (χ4v) is 4.04. The minimum atomic E-state index is 0.828. The fraction of sp³-hybridized carbons (Fsp3) is 0.138. The van der Waals surface area contributed by atoms with Gasteiger partial charge in [0.1, 0.15) is 11.6 Å². The van der Waals surface area contributed by atoms with Crippen LogP contribution in [0.25, 0.3) is 33.5 Å². The van der Waals surface area contributed by atoms with Gasteiger partial charge < -0.3 is 15.0 Å². The number of para-hydroxylation sites is 1. The van der Waals surface area contributed by atoms with Crippen molar-refractivity contribution in [3.05, 3.63) is 108 Å². The van der Waals surface area contributed by atoms with Crippen LogP contribution in [0.4, 0.5) is 0 Å². The second kappa shape index (κ2) is 9.31. The van der Waals surface area contributed by atoms with E-state index in [1.54, 1.807) is 7.11 Å². The van der Waals surface area contributed by atoms with E-state index in [0.717, 1.165) is 41.3 Å². The lowest BCUT2D eigenvalue weighted by Crippen LogP contribution is -2.12. The molecule has 0 saturated heterocycles. The molecule has 0 aliphatic carbocycles. The zero-order chi connectivity index (χ0) is 22.6. The average Bonchev–Trinajstić information content (AvgIpc) is 3.31. The number of aryl methyl sites for hydroxylation is 1. The summed E-state index contributed by atoms with van der Waals surface area (Å²) < 4.78 is 5.21. The Kier molecular flexibility index (Phi) is 5.92. The molecule has 2 N–H and O–H groups in total. The molecule has 33 heavy (non-hydrogen) atoms. The molecule has 1 aromatic heterocycles. The van der Waals surface area contributed by atoms with Crippen LogP contribution in [-0.4, -0.2) is 17.1 Å². The number of imidazole rings is 1. The molecule has 0 aliphatic heterocycles. The van der Waals surface area contributed by atoms with Crippen molar-refractivity contribution in [3.63, 3.8) is 0 Å². The first-order valence-electron chi connectivity index (χ1n) is 11.2. The lowest BCUT2D eigenvalue weighted by molar-refractivity contribution is 0.414. The first-order valence-corrected chi connectivity index (χ1v) is 11.2. The third kappa shape index (κ3) is 4.66. The number of rotatable bonds is 7. The van der Waals surface area contributed by atoms with Gasteiger partial charge in [-0.15, -0.1) is 0 Å². The van der Waals surface area contributed by atoms with Crippen LogP contribution in [0.2, 0.25) is 0 Å². The maximum Gasteiger partial charge on any atom is 0.138 e. The summed E-state index contributed by atoms with van der Waals surface area (Å²) >= 11 is 0. The number of nitrogens with one attached hydrogen (secondary N) is 2. The first-order chi connectivity index (χ1) is 16.2. The molecule has 4 aromatic carbocycles. The fourth-order valence-electron chi connectivity index (χ4n) is 4.04. The van der Waals surface area contributed by atoms with Crippen LogP contribution in [0, 0.1) is 6.92 Å². The smallest absolute Gasteiger partial charge is 0.138 e. The van der Waals surface area contributed by atoms with Gasteiger partial charge >= 0.3 is 0 Å². The van der Waals surface area contributed by atoms with E-state index in [-0.39, 0.29) is 0 Å². The molecular weight excluding hydrogens is 406 g/mol. The van der Waals surface area contributed by atoms with Crippen LogP contribution >= 0.6 is 0 Å². The minimum Gasteiger partial charge on any atom is -0.497 e. The number of hydrogen-bond donors (Lipinski definition) is 2. The van der Waals surface area contributed by atoms with Gasteiger partial charge in [0.25, 0.3) is 0 Å². The molecular formula is C29H27N3O. The Morgan fingerprint density at radius 1 is 0.727 bits per heavy atom. The highest BCUT2D eigenvalue weighted by Gasteiger charge is 2.07. The molecule has 0 radical (unpaired) electrons. The van der Waals surface area contributed by atoms with E-state index in [4.69, 9.17) is 9.72 Å². The summed E-state index contributed by atoms with van der Waals surface area (Å²) in [5.41, 5.74) is 9.30. The van der Waals surface area contributed by atoms with Crippen molar-refractivity contribution >= 4 is 11.0 Å². The van der Waals surface area contributed by atoms with E-state index in [1.807, 2.05) is 12.1 Å². The molecule has 0 unspecified atom stereocenters. The molecule has 0 spiro atoms. The summed E-state index contributed by atoms with van der Waals surface area (Å²) in [4.78, 5) is 8.22. The minimum absolute atomic E-state index is 0.828. The molecule has 4 nitrogen and oxygen atoms in total. The highest BCUT2D eigenvalue weighted by molar-refractivity contribution is 5.82. The van der Waals surface area contributed by atoms with Crippen LogP contribution < -0.4 is 10.1 Å². The van der Waals surface area contributed by atoms with Crippen LogP contribution in [0.3, 0.4) is 0 Å². The van der Waals surface area contributed by atoms with Gasteiger partial charge in [-0.2, -0.15) is 0 Å². The number of ether oxygens (including phenoxy) is 1. The lowest BCUT2D eigenvalue weighted by Gasteiger charge is -2.08. The number of methoxy groups -OCH3 is 1. The van der Waals surface area contributed by atoms with E-state index < -0.39 is 0 Å². The molecule has 164 valence electrons. The van der Waals surface area contributed by atoms with Gasteiger partial charge in [0.05, 0.1) is 18.1 Å². The Balaban J connectivity index is 1.22. The second-order valence-corrected chi connectivity index (χ2v) is 8.28. The number of fused-ring (bicyclic) bond motifs is 1. The Hall–Kier alpha value is -3.89. The number of aromatic nitrogens is 2. The Morgan fingerprint density at radius 3 is 1.91 bits per heavy atom. The van der Waals surface area contributed by atoms with Crippen molar-refractivity contribution in [2.45, 2.75) is 20.0 Å². The van der Waals surface area contributed by atoms with Crippen molar-refractivity contribution in [2.75, 3.05) is 7.11 Å². The summed E-state index contributed by atoms with van der Waals surface area (Å²) in [5.74, 6) is 1.79. The van der Waals surface area contributed by atoms with Gasteiger partial charge in [-0.25, -0.2) is 4.98 Å². The Morgan fingerprint density at radius 2 is 1.30 bits per heavy atom. The third-order valence-electron chi connectivity index (χ3n) is 5.98. The van der Waals surface area contributed by atoms with Gasteiger partial charge in [-0.05, 0) is 52.9 Å². The maximum absolute atomic E-state index is 5.21. The summed E-state index contributed by atoms with van der Waals surface area (Å²) in [6.07, 6.45) is 0. The average molecular weight is 434 g/mol. The van der Waals surface area contributed by atoms with Crippen molar-refractivity contribution in [1.82, 2.24) is 15.3 Å². The van der Waals surface area contributed by atoms with Gasteiger partial charge in [-0.1, -0.05) is 72.8 Å². The highest BCUT2D eigenvalue weighted by atomic mass is 16.5. The topological polar surface area (TPSA) is 49.9 Å². The van der Waals surface area contributed by atoms with Gasteiger partial charge in [0.2, 0.25) is 0 Å². The quantitative estimate of drug-likeness (QED) is 0.308. The van der Waals surface area contributed by atoms with Crippen molar-refractivity contribution < 1.29 is 4.74 Å². The number of benzene rings is 4. The van der Waals surface area contributed by atoms with E-state index >= 15 is 0 Å². The molecule has 1 heterocycles. The third-order valence-corrected chi connectivity index (χ3v) is 5.98. The van der Waals surface area contributed by atoms with Crippen molar-refractivity contribution in [1.29, 1.82) is 0 Å². The zero-order valence-electron chi connectivity index (χ0n) is 18.9. The number of hydrogen-bond acceptors (Lipinski definition) is 3. The maximum atomic E-state index is 5.21. The molecule has 0 bridgehead atoms. The summed E-state index contributed by atoms with van der Waals surface area (Å²) in [7, 11) is 1.69. The molecule has 5 aromatic rings. The molecule has 0 saturated carbocycles. The SMILES string of the molecule is COc1ccc(CNCc2ccc(-c3ccc(-c4nc5c(C)cccc5[nH]4)cc3)cc2)cc1. The number of aromatic amines is 1. The highest BCUT2D eigenvalue weighted by Crippen LogP contribution is 2.26. The molecule has 0 atom stereocenters. The molecule has 0 amide bonds. The molecule has 5 rings (SSSR count). The summed E-state index contributed by atoms with van der Waals surface area (Å²) in [6.45, 7) is 3.75. The van der Waals surface area contributed by atoms with Crippen LogP contribution in [0.1, 0.15) is 16.7 Å². The summed E-state index contributed by atoms with van der Waals surface area (Å²) in [5, 5.41) is 3.50. The van der Waals surface area contributed by atoms with E-state index in [0.29, 0.717) is 0 Å². The molecule has 0 fully saturated rings. The number of nitrogens with zero attached hydrogens (tertiary/aromatic N) is 1. The first kappa shape index (κ1) is 21.0. The zero-order valence-corrected chi connectivity index (χ0v) is 18.9. The number of H-pyrrole nitrogens is 1. The van der Waals surface area contributed by atoms with E-state index in [1.165, 1.54) is 27.8 Å². The van der Waals surface area contributed by atoms with Crippen molar-refractivity contribution in [3.8, 4) is 28.3 Å². The van der Waals surface area contributed by atoms with Crippen LogP contribution in [0.15, 0.2) is 91.0 Å². The normalized spacial score (nSPS) is 11.1. The predicted octanol–water partition coefficient (Wildman–Crippen LogP) is 6.50. The van der Waals surface area contributed by atoms with Gasteiger partial charge in [-0.3, -0.25) is 0 Å². The van der Waals surface area contributed by atoms with Crippen molar-refractivity contribution in [2.24, 2.45) is 0 Å². The largest absolute Gasteiger partial charge is 0.497 e. The predicted molar refractivity (Wildman–Crippen MR) is 135 cm³/mol. The van der Waals surface area contributed by atoms with E-state index in [2.05, 4.69) is 96.1 Å². The second-order valence-electron chi connectivity index (χ2n) is 8.28. The van der Waals surface area contributed by atoms with Gasteiger partial charge in [0, 0.05) is 18.7 Å². The Labute approximate surface area is 194 Å².